The summed E-state index contributed by atoms with van der Waals surface area (Å²) in [5.74, 6) is 0.880. The van der Waals surface area contributed by atoms with Crippen LogP contribution in [0.4, 0.5) is 0 Å². The second-order valence-electron chi connectivity index (χ2n) is 4.86. The summed E-state index contributed by atoms with van der Waals surface area (Å²) in [7, 11) is 0. The van der Waals surface area contributed by atoms with Gasteiger partial charge in [0.2, 0.25) is 0 Å². The van der Waals surface area contributed by atoms with Gasteiger partial charge in [0.05, 0.1) is 0 Å². The molecule has 0 amide bonds. The second kappa shape index (κ2) is 5.72. The number of hydrogen-bond acceptors (Lipinski definition) is 2. The largest absolute Gasteiger partial charge is 0.396 e. The van der Waals surface area contributed by atoms with Crippen molar-refractivity contribution in [1.82, 2.24) is 5.32 Å². The topological polar surface area (TPSA) is 32.3 Å². The lowest BCUT2D eigenvalue weighted by molar-refractivity contribution is 0.146. The molecule has 0 aromatic heterocycles. The molecule has 1 rings (SSSR count). The number of aliphatic hydroxyl groups is 1. The Hall–Kier alpha value is -0.0800. The molecular weight excluding hydrogens is 174 g/mol. The van der Waals surface area contributed by atoms with Crippen molar-refractivity contribution in [3.8, 4) is 0 Å². The Kier molecular flexibility index (Phi) is 4.90. The SMILES string of the molecule is CCCNC1(CCO)CCC(C)CC1. The number of nitrogens with one attached hydrogen (secondary N) is 1. The Morgan fingerprint density at radius 1 is 1.36 bits per heavy atom. The van der Waals surface area contributed by atoms with Crippen molar-refractivity contribution in [2.75, 3.05) is 13.2 Å². The zero-order valence-electron chi connectivity index (χ0n) is 9.68. The summed E-state index contributed by atoms with van der Waals surface area (Å²) in [5.41, 5.74) is 0.261. The summed E-state index contributed by atoms with van der Waals surface area (Å²) in [4.78, 5) is 0. The average molecular weight is 199 g/mol. The highest BCUT2D eigenvalue weighted by Crippen LogP contribution is 2.33. The van der Waals surface area contributed by atoms with E-state index in [1.807, 2.05) is 0 Å². The van der Waals surface area contributed by atoms with E-state index >= 15 is 0 Å². The van der Waals surface area contributed by atoms with Crippen LogP contribution in [0.5, 0.6) is 0 Å². The van der Waals surface area contributed by atoms with Gasteiger partial charge in [-0.15, -0.1) is 0 Å². The van der Waals surface area contributed by atoms with Crippen LogP contribution in [0, 0.1) is 5.92 Å². The van der Waals surface area contributed by atoms with Crippen molar-refractivity contribution in [2.45, 2.75) is 57.9 Å². The van der Waals surface area contributed by atoms with Crippen LogP contribution in [0.3, 0.4) is 0 Å². The normalized spacial score (nSPS) is 33.2. The molecule has 0 atom stereocenters. The Morgan fingerprint density at radius 2 is 2.00 bits per heavy atom. The Bertz CT molecular complexity index is 145. The zero-order chi connectivity index (χ0) is 10.4. The molecule has 2 heteroatoms. The maximum Gasteiger partial charge on any atom is 0.0448 e. The van der Waals surface area contributed by atoms with Crippen LogP contribution in [-0.2, 0) is 0 Å². The van der Waals surface area contributed by atoms with E-state index in [9.17, 15) is 0 Å². The lowest BCUT2D eigenvalue weighted by Crippen LogP contribution is -2.48. The third-order valence-electron chi connectivity index (χ3n) is 3.57. The predicted octanol–water partition coefficient (Wildman–Crippen LogP) is 2.32. The molecule has 0 radical (unpaired) electrons. The molecule has 0 aromatic rings. The molecule has 1 fully saturated rings. The average Bonchev–Trinajstić information content (AvgIpc) is 2.20. The molecule has 0 heterocycles. The molecule has 0 bridgehead atoms. The summed E-state index contributed by atoms with van der Waals surface area (Å²) >= 11 is 0. The van der Waals surface area contributed by atoms with Gasteiger partial charge in [0, 0.05) is 12.1 Å². The monoisotopic (exact) mass is 199 g/mol. The molecule has 0 saturated heterocycles. The molecule has 0 unspecified atom stereocenters. The Labute approximate surface area is 88.1 Å². The number of rotatable bonds is 5. The molecule has 1 aliphatic carbocycles. The highest BCUT2D eigenvalue weighted by atomic mass is 16.3. The van der Waals surface area contributed by atoms with E-state index in [2.05, 4.69) is 19.2 Å². The van der Waals surface area contributed by atoms with Crippen LogP contribution >= 0.6 is 0 Å². The van der Waals surface area contributed by atoms with Crippen LogP contribution in [0.25, 0.3) is 0 Å². The van der Waals surface area contributed by atoms with Gasteiger partial charge in [-0.25, -0.2) is 0 Å². The van der Waals surface area contributed by atoms with Crippen LogP contribution < -0.4 is 5.32 Å². The fraction of sp³-hybridized carbons (Fsp3) is 1.00. The van der Waals surface area contributed by atoms with Gasteiger partial charge in [-0.3, -0.25) is 0 Å². The Morgan fingerprint density at radius 3 is 2.50 bits per heavy atom. The lowest BCUT2D eigenvalue weighted by atomic mass is 9.75. The first-order valence-electron chi connectivity index (χ1n) is 6.08. The summed E-state index contributed by atoms with van der Waals surface area (Å²) in [5, 5.41) is 12.8. The highest BCUT2D eigenvalue weighted by Gasteiger charge is 2.32. The van der Waals surface area contributed by atoms with Crippen molar-refractivity contribution in [3.63, 3.8) is 0 Å². The molecule has 1 aliphatic rings. The zero-order valence-corrected chi connectivity index (χ0v) is 9.68. The van der Waals surface area contributed by atoms with E-state index in [1.54, 1.807) is 0 Å². The minimum absolute atomic E-state index is 0.261. The van der Waals surface area contributed by atoms with E-state index in [0.717, 1.165) is 18.9 Å². The molecule has 14 heavy (non-hydrogen) atoms. The predicted molar refractivity (Wildman–Crippen MR) is 60.4 cm³/mol. The lowest BCUT2D eigenvalue weighted by Gasteiger charge is -2.40. The van der Waals surface area contributed by atoms with E-state index < -0.39 is 0 Å². The van der Waals surface area contributed by atoms with Gasteiger partial charge < -0.3 is 10.4 Å². The molecule has 2 N–H and O–H groups in total. The fourth-order valence-corrected chi connectivity index (χ4v) is 2.43. The molecule has 0 spiro atoms. The molecule has 0 aromatic carbocycles. The van der Waals surface area contributed by atoms with E-state index in [0.29, 0.717) is 6.61 Å². The van der Waals surface area contributed by atoms with Crippen molar-refractivity contribution >= 4 is 0 Å². The van der Waals surface area contributed by atoms with Crippen LogP contribution in [0.15, 0.2) is 0 Å². The molecule has 0 aliphatic heterocycles. The van der Waals surface area contributed by atoms with Crippen molar-refractivity contribution in [2.24, 2.45) is 5.92 Å². The first-order valence-corrected chi connectivity index (χ1v) is 6.08. The van der Waals surface area contributed by atoms with Crippen molar-refractivity contribution < 1.29 is 5.11 Å². The van der Waals surface area contributed by atoms with Gasteiger partial charge in [0.15, 0.2) is 0 Å². The molecule has 1 saturated carbocycles. The smallest absolute Gasteiger partial charge is 0.0448 e. The van der Waals surface area contributed by atoms with E-state index in [-0.39, 0.29) is 5.54 Å². The Balaban J connectivity index is 2.44. The van der Waals surface area contributed by atoms with E-state index in [4.69, 9.17) is 5.11 Å². The van der Waals surface area contributed by atoms with Crippen LogP contribution in [0.2, 0.25) is 0 Å². The van der Waals surface area contributed by atoms with E-state index in [1.165, 1.54) is 32.1 Å². The first kappa shape index (κ1) is 12.0. The second-order valence-corrected chi connectivity index (χ2v) is 4.86. The van der Waals surface area contributed by atoms with Gasteiger partial charge in [0.1, 0.15) is 0 Å². The number of hydrogen-bond donors (Lipinski definition) is 2. The third-order valence-corrected chi connectivity index (χ3v) is 3.57. The fourth-order valence-electron chi connectivity index (χ4n) is 2.43. The summed E-state index contributed by atoms with van der Waals surface area (Å²) < 4.78 is 0. The minimum atomic E-state index is 0.261. The van der Waals surface area contributed by atoms with Gasteiger partial charge in [-0.05, 0) is 51.0 Å². The molecular formula is C12H25NO. The quantitative estimate of drug-likeness (QED) is 0.712. The third kappa shape index (κ3) is 3.25. The van der Waals surface area contributed by atoms with Crippen molar-refractivity contribution in [3.05, 3.63) is 0 Å². The number of aliphatic hydroxyl groups excluding tert-OH is 1. The maximum absolute atomic E-state index is 9.11. The van der Waals surface area contributed by atoms with Crippen molar-refractivity contribution in [1.29, 1.82) is 0 Å². The maximum atomic E-state index is 9.11. The van der Waals surface area contributed by atoms with Gasteiger partial charge in [-0.2, -0.15) is 0 Å². The molecule has 2 nitrogen and oxygen atoms in total. The minimum Gasteiger partial charge on any atom is -0.396 e. The van der Waals surface area contributed by atoms with Crippen LogP contribution in [-0.4, -0.2) is 23.8 Å². The summed E-state index contributed by atoms with van der Waals surface area (Å²) in [6, 6.07) is 0. The standard InChI is InChI=1S/C12H25NO/c1-3-9-13-12(8-10-14)6-4-11(2)5-7-12/h11,13-14H,3-10H2,1-2H3. The first-order chi connectivity index (χ1) is 6.72. The van der Waals surface area contributed by atoms with Gasteiger partial charge in [0.25, 0.3) is 0 Å². The molecule has 84 valence electrons. The summed E-state index contributed by atoms with van der Waals surface area (Å²) in [6.07, 6.45) is 7.24. The van der Waals surface area contributed by atoms with Crippen LogP contribution in [0.1, 0.15) is 52.4 Å². The van der Waals surface area contributed by atoms with Gasteiger partial charge >= 0.3 is 0 Å². The summed E-state index contributed by atoms with van der Waals surface area (Å²) in [6.45, 7) is 5.95. The highest BCUT2D eigenvalue weighted by molar-refractivity contribution is 4.91. The van der Waals surface area contributed by atoms with Gasteiger partial charge in [-0.1, -0.05) is 13.8 Å².